The van der Waals surface area contributed by atoms with E-state index in [0.29, 0.717) is 4.57 Å². The lowest BCUT2D eigenvalue weighted by atomic mass is 10.5. The van der Waals surface area contributed by atoms with E-state index in [4.69, 9.17) is 0 Å². The zero-order valence-electron chi connectivity index (χ0n) is 8.21. The van der Waals surface area contributed by atoms with Crippen molar-refractivity contribution in [3.63, 3.8) is 0 Å². The van der Waals surface area contributed by atoms with E-state index in [1.807, 2.05) is 0 Å². The minimum absolute atomic E-state index is 0.110. The largest absolute Gasteiger partial charge is 0.339 e. The van der Waals surface area contributed by atoms with E-state index in [0.717, 1.165) is 4.57 Å². The van der Waals surface area contributed by atoms with E-state index < -0.39 is 25.2 Å². The molecule has 0 spiro atoms. The summed E-state index contributed by atoms with van der Waals surface area (Å²) in [5.41, 5.74) is -1.08. The predicted molar refractivity (Wildman–Crippen MR) is 53.9 cm³/mol. The highest BCUT2D eigenvalue weighted by atomic mass is 31.1. The van der Waals surface area contributed by atoms with Crippen LogP contribution in [0.2, 0.25) is 0 Å². The lowest BCUT2D eigenvalue weighted by molar-refractivity contribution is 0.503. The summed E-state index contributed by atoms with van der Waals surface area (Å²) < 4.78 is 22.9. The number of aromatic nitrogens is 4. The van der Waals surface area contributed by atoms with Gasteiger partial charge in [0.25, 0.3) is 5.56 Å². The van der Waals surface area contributed by atoms with Crippen molar-refractivity contribution in [2.75, 3.05) is 0 Å². The fraction of sp³-hybridized carbons (Fsp3) is 0.286. The summed E-state index contributed by atoms with van der Waals surface area (Å²) in [6.45, 7) is 0. The summed E-state index contributed by atoms with van der Waals surface area (Å²) in [4.78, 5) is 29.7. The zero-order valence-corrected chi connectivity index (χ0v) is 9.10. The van der Waals surface area contributed by atoms with Crippen LogP contribution in [0.4, 0.5) is 0 Å². The smallest absolute Gasteiger partial charge is 0.336 e. The molecule has 0 amide bonds. The molecule has 0 saturated heterocycles. The lowest BCUT2D eigenvalue weighted by Crippen LogP contribution is -2.38. The molecule has 0 atom stereocenters. The van der Waals surface area contributed by atoms with Crippen LogP contribution in [0.1, 0.15) is 0 Å². The normalized spacial score (nSPS) is 10.8. The number of hydrogen-bond acceptors (Lipinski definition) is 5. The molecule has 0 aliphatic heterocycles. The minimum Gasteiger partial charge on any atom is -0.339 e. The Balaban J connectivity index is 2.94. The van der Waals surface area contributed by atoms with Crippen molar-refractivity contribution in [2.24, 2.45) is 7.05 Å². The molecule has 2 heterocycles. The monoisotopic (exact) mass is 242 g/mol. The Bertz CT molecular complexity index is 727. The van der Waals surface area contributed by atoms with Gasteiger partial charge < -0.3 is 4.98 Å². The SMILES string of the molecule is Cn1c(=O)n(CP(=O)=O)c(=O)c2[nH]cnc21. The molecule has 9 heteroatoms. The molecular weight excluding hydrogens is 235 g/mol. The van der Waals surface area contributed by atoms with Gasteiger partial charge >= 0.3 is 13.4 Å². The van der Waals surface area contributed by atoms with E-state index in [1.165, 1.54) is 13.4 Å². The number of rotatable bonds is 2. The fourth-order valence-corrected chi connectivity index (χ4v) is 1.91. The Kier molecular flexibility index (Phi) is 2.35. The Morgan fingerprint density at radius 1 is 1.44 bits per heavy atom. The molecule has 0 fully saturated rings. The quantitative estimate of drug-likeness (QED) is 0.718. The third kappa shape index (κ3) is 1.43. The van der Waals surface area contributed by atoms with Crippen LogP contribution in [-0.4, -0.2) is 19.1 Å². The van der Waals surface area contributed by atoms with E-state index in [-0.39, 0.29) is 11.2 Å². The van der Waals surface area contributed by atoms with Crippen molar-refractivity contribution in [3.8, 4) is 0 Å². The van der Waals surface area contributed by atoms with Gasteiger partial charge in [0.1, 0.15) is 11.8 Å². The molecule has 0 aromatic carbocycles. The van der Waals surface area contributed by atoms with Crippen LogP contribution in [0.3, 0.4) is 0 Å². The van der Waals surface area contributed by atoms with Crippen LogP contribution in [0.25, 0.3) is 11.2 Å². The van der Waals surface area contributed by atoms with Crippen molar-refractivity contribution >= 4 is 18.8 Å². The third-order valence-corrected chi connectivity index (χ3v) is 2.68. The van der Waals surface area contributed by atoms with Crippen LogP contribution in [0, 0.1) is 0 Å². The molecule has 0 aliphatic carbocycles. The number of nitrogens with one attached hydrogen (secondary N) is 1. The van der Waals surface area contributed by atoms with Crippen molar-refractivity contribution in [2.45, 2.75) is 6.29 Å². The van der Waals surface area contributed by atoms with E-state index in [9.17, 15) is 18.7 Å². The van der Waals surface area contributed by atoms with Crippen LogP contribution in [0.15, 0.2) is 15.9 Å². The first-order chi connectivity index (χ1) is 7.52. The van der Waals surface area contributed by atoms with E-state index in [2.05, 4.69) is 9.97 Å². The number of hydrogen-bond donors (Lipinski definition) is 1. The van der Waals surface area contributed by atoms with Gasteiger partial charge in [-0.25, -0.2) is 23.5 Å². The highest BCUT2D eigenvalue weighted by Crippen LogP contribution is 2.05. The Morgan fingerprint density at radius 3 is 2.75 bits per heavy atom. The van der Waals surface area contributed by atoms with E-state index >= 15 is 0 Å². The summed E-state index contributed by atoms with van der Waals surface area (Å²) >= 11 is 0. The molecule has 1 N–H and O–H groups in total. The molecule has 0 saturated carbocycles. The number of imidazole rings is 1. The first-order valence-corrected chi connectivity index (χ1v) is 5.63. The summed E-state index contributed by atoms with van der Waals surface area (Å²) in [5, 5.41) is 0. The molecule has 2 rings (SSSR count). The zero-order chi connectivity index (χ0) is 11.9. The molecule has 2 aromatic heterocycles. The van der Waals surface area contributed by atoms with Gasteiger partial charge in [-0.15, -0.1) is 0 Å². The topological polar surface area (TPSA) is 107 Å². The van der Waals surface area contributed by atoms with Crippen molar-refractivity contribution in [1.29, 1.82) is 0 Å². The summed E-state index contributed by atoms with van der Waals surface area (Å²) in [5.74, 6) is 0. The number of aryl methyl sites for hydroxylation is 1. The molecular formula is C7H7N4O4P. The van der Waals surface area contributed by atoms with Crippen molar-refractivity contribution < 1.29 is 9.13 Å². The summed E-state index contributed by atoms with van der Waals surface area (Å²) in [6.07, 6.45) is 0.642. The van der Waals surface area contributed by atoms with Gasteiger partial charge in [-0.2, -0.15) is 0 Å². The molecule has 2 aromatic rings. The number of fused-ring (bicyclic) bond motifs is 1. The summed E-state index contributed by atoms with van der Waals surface area (Å²) in [7, 11) is -1.43. The second kappa shape index (κ2) is 3.57. The molecule has 16 heavy (non-hydrogen) atoms. The van der Waals surface area contributed by atoms with Gasteiger partial charge in [0, 0.05) is 7.05 Å². The van der Waals surface area contributed by atoms with Gasteiger partial charge in [-0.3, -0.25) is 9.36 Å². The number of H-pyrrole nitrogens is 1. The Labute approximate surface area is 88.4 Å². The Hall–Kier alpha value is -1.95. The molecule has 8 nitrogen and oxygen atoms in total. The first kappa shape index (κ1) is 10.6. The molecule has 0 aliphatic rings. The van der Waals surface area contributed by atoms with Crippen molar-refractivity contribution in [3.05, 3.63) is 27.2 Å². The average Bonchev–Trinajstić information content (AvgIpc) is 2.70. The third-order valence-electron chi connectivity index (χ3n) is 2.17. The standard InChI is InChI=1S/C7H7N4O4P/c1-10-5-4(8-2-9-5)6(12)11(7(10)13)3-16(14)15/h2H,3H2,1H3,(H,8,9). The second-order valence-corrected chi connectivity index (χ2v) is 4.10. The van der Waals surface area contributed by atoms with Crippen LogP contribution in [-0.2, 0) is 22.5 Å². The van der Waals surface area contributed by atoms with E-state index in [1.54, 1.807) is 0 Å². The maximum atomic E-state index is 11.7. The van der Waals surface area contributed by atoms with Crippen LogP contribution < -0.4 is 11.2 Å². The molecule has 0 bridgehead atoms. The number of aromatic amines is 1. The fourth-order valence-electron chi connectivity index (χ4n) is 1.43. The summed E-state index contributed by atoms with van der Waals surface area (Å²) in [6, 6.07) is 0. The van der Waals surface area contributed by atoms with Gasteiger partial charge in [0.2, 0.25) is 0 Å². The Morgan fingerprint density at radius 2 is 2.12 bits per heavy atom. The average molecular weight is 242 g/mol. The van der Waals surface area contributed by atoms with Gasteiger partial charge in [0.15, 0.2) is 5.65 Å². The van der Waals surface area contributed by atoms with Gasteiger partial charge in [-0.05, 0) is 0 Å². The maximum Gasteiger partial charge on any atom is 0.336 e. The first-order valence-electron chi connectivity index (χ1n) is 4.27. The number of nitrogens with zero attached hydrogens (tertiary/aromatic N) is 3. The van der Waals surface area contributed by atoms with Crippen molar-refractivity contribution in [1.82, 2.24) is 19.1 Å². The van der Waals surface area contributed by atoms with Gasteiger partial charge in [0.05, 0.1) is 6.33 Å². The lowest BCUT2D eigenvalue weighted by Gasteiger charge is -2.03. The van der Waals surface area contributed by atoms with Crippen LogP contribution in [0.5, 0.6) is 0 Å². The minimum atomic E-state index is -2.85. The van der Waals surface area contributed by atoms with Gasteiger partial charge in [-0.1, -0.05) is 0 Å². The molecule has 0 unspecified atom stereocenters. The maximum absolute atomic E-state index is 11.7. The molecule has 84 valence electrons. The molecule has 0 radical (unpaired) electrons. The van der Waals surface area contributed by atoms with Crippen LogP contribution >= 0.6 is 7.68 Å². The predicted octanol–water partition coefficient (Wildman–Crippen LogP) is -0.446. The highest BCUT2D eigenvalue weighted by molar-refractivity contribution is 7.29. The second-order valence-electron chi connectivity index (χ2n) is 3.15. The highest BCUT2D eigenvalue weighted by Gasteiger charge is 2.13.